The predicted octanol–water partition coefficient (Wildman–Crippen LogP) is 0.828. The fourth-order valence-corrected chi connectivity index (χ4v) is 2.09. The Balaban J connectivity index is 3.01. The Labute approximate surface area is 108 Å². The number of hydrogen-bond donors (Lipinski definition) is 1. The second-order valence-corrected chi connectivity index (χ2v) is 5.91. The van der Waals surface area contributed by atoms with Crippen LogP contribution in [0.3, 0.4) is 0 Å². The molecule has 0 aliphatic carbocycles. The molecule has 1 aromatic rings. The molecule has 18 heavy (non-hydrogen) atoms. The molecule has 0 atom stereocenters. The molecule has 0 aliphatic heterocycles. The van der Waals surface area contributed by atoms with Crippen LogP contribution >= 0.6 is 11.3 Å². The molecule has 7 nitrogen and oxygen atoms in total. The number of nitrogens with one attached hydrogen (secondary N) is 1. The lowest BCUT2D eigenvalue weighted by molar-refractivity contribution is 0.0607. The van der Waals surface area contributed by atoms with Crippen LogP contribution in [0.2, 0.25) is 0 Å². The minimum atomic E-state index is -3.69. The molecule has 9 heteroatoms. The number of carbonyl (C=O) groups excluding carboxylic acids is 1. The molecule has 96 valence electrons. The van der Waals surface area contributed by atoms with Gasteiger partial charge in [0.2, 0.25) is 9.84 Å². The van der Waals surface area contributed by atoms with Crippen molar-refractivity contribution in [2.45, 2.75) is 0 Å². The highest BCUT2D eigenvalue weighted by Crippen LogP contribution is 2.23. The lowest BCUT2D eigenvalue weighted by Crippen LogP contribution is -2.12. The summed E-state index contributed by atoms with van der Waals surface area (Å²) in [6.45, 7) is 0. The topological polar surface area (TPSA) is 109 Å². The Morgan fingerprint density at radius 1 is 1.61 bits per heavy atom. The lowest BCUT2D eigenvalue weighted by atomic mass is 10.4. The summed E-state index contributed by atoms with van der Waals surface area (Å²) in [5, 5.41) is 13.0. The number of hydrogen-bond acceptors (Lipinski definition) is 8. The minimum Gasteiger partial charge on any atom is -0.465 e. The van der Waals surface area contributed by atoms with Crippen LogP contribution < -0.4 is 5.43 Å². The number of anilines is 1. The van der Waals surface area contributed by atoms with E-state index in [2.05, 4.69) is 15.3 Å². The van der Waals surface area contributed by atoms with Crippen molar-refractivity contribution in [1.29, 1.82) is 5.26 Å². The van der Waals surface area contributed by atoms with Crippen molar-refractivity contribution < 1.29 is 17.9 Å². The van der Waals surface area contributed by atoms with Gasteiger partial charge in [-0.2, -0.15) is 10.4 Å². The van der Waals surface area contributed by atoms with Gasteiger partial charge in [-0.1, -0.05) is 0 Å². The maximum absolute atomic E-state index is 11.3. The first kappa shape index (κ1) is 14.1. The van der Waals surface area contributed by atoms with E-state index in [-0.39, 0.29) is 10.6 Å². The Kier molecular flexibility index (Phi) is 4.41. The summed E-state index contributed by atoms with van der Waals surface area (Å²) >= 11 is 1.11. The number of thiophene rings is 1. The zero-order valence-corrected chi connectivity index (χ0v) is 11.1. The Morgan fingerprint density at radius 3 is 2.78 bits per heavy atom. The second kappa shape index (κ2) is 5.61. The standard InChI is InChI=1S/C9H9N3O4S2/c1-16-9(13)8-6(3-4-17-8)11-12-7(5-10)18(2,14)15/h3-4,11H,1-2H3/b12-7+. The van der Waals surface area contributed by atoms with Gasteiger partial charge in [-0.15, -0.1) is 11.3 Å². The molecule has 0 radical (unpaired) electrons. The van der Waals surface area contributed by atoms with E-state index >= 15 is 0 Å². The SMILES string of the molecule is COC(=O)c1sccc1N/N=C(\C#N)S(C)(=O)=O. The summed E-state index contributed by atoms with van der Waals surface area (Å²) in [4.78, 5) is 11.6. The van der Waals surface area contributed by atoms with Gasteiger partial charge in [0.15, 0.2) is 0 Å². The van der Waals surface area contributed by atoms with Crippen molar-refractivity contribution >= 4 is 37.9 Å². The summed E-state index contributed by atoms with van der Waals surface area (Å²) in [5.74, 6) is -0.569. The largest absolute Gasteiger partial charge is 0.465 e. The van der Waals surface area contributed by atoms with E-state index in [1.165, 1.54) is 19.2 Å². The van der Waals surface area contributed by atoms with E-state index in [0.717, 1.165) is 17.6 Å². The van der Waals surface area contributed by atoms with Gasteiger partial charge >= 0.3 is 5.97 Å². The average molecular weight is 287 g/mol. The predicted molar refractivity (Wildman–Crippen MR) is 67.2 cm³/mol. The number of esters is 1. The molecule has 0 spiro atoms. The quantitative estimate of drug-likeness (QED) is 0.382. The van der Waals surface area contributed by atoms with Gasteiger partial charge < -0.3 is 4.74 Å². The van der Waals surface area contributed by atoms with Gasteiger partial charge in [-0.25, -0.2) is 13.2 Å². The molecular formula is C9H9N3O4S2. The van der Waals surface area contributed by atoms with Crippen molar-refractivity contribution in [3.63, 3.8) is 0 Å². The van der Waals surface area contributed by atoms with Crippen LogP contribution in [-0.2, 0) is 14.6 Å². The highest BCUT2D eigenvalue weighted by molar-refractivity contribution is 8.06. The maximum atomic E-state index is 11.3. The number of nitriles is 1. The molecule has 0 bridgehead atoms. The van der Waals surface area contributed by atoms with Crippen molar-refractivity contribution in [2.75, 3.05) is 18.8 Å². The van der Waals surface area contributed by atoms with E-state index in [1.54, 1.807) is 5.38 Å². The van der Waals surface area contributed by atoms with Crippen LogP contribution in [0.25, 0.3) is 0 Å². The van der Waals surface area contributed by atoms with Gasteiger partial charge in [0, 0.05) is 6.26 Å². The van der Waals surface area contributed by atoms with E-state index in [9.17, 15) is 13.2 Å². The van der Waals surface area contributed by atoms with Crippen LogP contribution in [-0.4, -0.2) is 32.8 Å². The molecule has 0 saturated carbocycles. The van der Waals surface area contributed by atoms with Gasteiger partial charge in [0.25, 0.3) is 5.04 Å². The smallest absolute Gasteiger partial charge is 0.350 e. The molecule has 1 N–H and O–H groups in total. The normalized spacial score (nSPS) is 11.7. The van der Waals surface area contributed by atoms with Crippen molar-refractivity contribution in [3.05, 3.63) is 16.3 Å². The van der Waals surface area contributed by atoms with E-state index < -0.39 is 20.9 Å². The van der Waals surface area contributed by atoms with Crippen molar-refractivity contribution in [3.8, 4) is 6.07 Å². The fourth-order valence-electron chi connectivity index (χ4n) is 0.950. The summed E-state index contributed by atoms with van der Waals surface area (Å²) in [5.41, 5.74) is 2.64. The van der Waals surface area contributed by atoms with Gasteiger partial charge in [-0.05, 0) is 11.4 Å². The average Bonchev–Trinajstić information content (AvgIpc) is 2.75. The number of ether oxygens (including phenoxy) is 1. The van der Waals surface area contributed by atoms with Gasteiger partial charge in [0.05, 0.1) is 12.8 Å². The molecule has 0 aliphatic rings. The van der Waals surface area contributed by atoms with Crippen molar-refractivity contribution in [1.82, 2.24) is 0 Å². The Hall–Kier alpha value is -1.92. The first-order valence-corrected chi connectivity index (χ1v) is 7.27. The zero-order chi connectivity index (χ0) is 13.8. The summed E-state index contributed by atoms with van der Waals surface area (Å²) < 4.78 is 26.8. The molecule has 1 heterocycles. The molecule has 1 aromatic heterocycles. The van der Waals surface area contributed by atoms with Gasteiger partial charge in [-0.3, -0.25) is 5.43 Å². The molecule has 0 fully saturated rings. The number of rotatable bonds is 3. The molecule has 0 aromatic carbocycles. The molecule has 0 unspecified atom stereocenters. The number of sulfone groups is 1. The van der Waals surface area contributed by atoms with Crippen molar-refractivity contribution in [2.24, 2.45) is 5.10 Å². The van der Waals surface area contributed by atoms with Crippen LogP contribution in [0.4, 0.5) is 5.69 Å². The Bertz CT molecular complexity index is 624. The zero-order valence-electron chi connectivity index (χ0n) is 9.50. The van der Waals surface area contributed by atoms with E-state index in [1.807, 2.05) is 0 Å². The fraction of sp³-hybridized carbons (Fsp3) is 0.222. The van der Waals surface area contributed by atoms with Crippen LogP contribution in [0.5, 0.6) is 0 Å². The van der Waals surface area contributed by atoms with Crippen LogP contribution in [0.15, 0.2) is 16.5 Å². The number of carbonyl (C=O) groups is 1. The number of hydrazone groups is 1. The number of nitrogens with zero attached hydrogens (tertiary/aromatic N) is 2. The molecular weight excluding hydrogens is 278 g/mol. The van der Waals surface area contributed by atoms with Crippen LogP contribution in [0.1, 0.15) is 9.67 Å². The third-order valence-electron chi connectivity index (χ3n) is 1.76. The van der Waals surface area contributed by atoms with Crippen LogP contribution in [0, 0.1) is 11.3 Å². The maximum Gasteiger partial charge on any atom is 0.350 e. The first-order chi connectivity index (χ1) is 8.40. The lowest BCUT2D eigenvalue weighted by Gasteiger charge is -2.01. The molecule has 0 saturated heterocycles. The second-order valence-electron chi connectivity index (χ2n) is 3.07. The van der Waals surface area contributed by atoms with E-state index in [4.69, 9.17) is 5.26 Å². The summed E-state index contributed by atoms with van der Waals surface area (Å²) in [6.07, 6.45) is 0.867. The molecule has 1 rings (SSSR count). The highest BCUT2D eigenvalue weighted by atomic mass is 32.2. The summed E-state index contributed by atoms with van der Waals surface area (Å²) in [7, 11) is -2.46. The third-order valence-corrected chi connectivity index (χ3v) is 3.54. The highest BCUT2D eigenvalue weighted by Gasteiger charge is 2.15. The third kappa shape index (κ3) is 3.28. The van der Waals surface area contributed by atoms with E-state index in [0.29, 0.717) is 0 Å². The first-order valence-electron chi connectivity index (χ1n) is 4.49. The number of methoxy groups -OCH3 is 1. The monoisotopic (exact) mass is 287 g/mol. The minimum absolute atomic E-state index is 0.243. The molecule has 0 amide bonds. The van der Waals surface area contributed by atoms with Gasteiger partial charge in [0.1, 0.15) is 10.9 Å². The summed E-state index contributed by atoms with van der Waals surface area (Å²) in [6, 6.07) is 2.98. The Morgan fingerprint density at radius 2 is 2.28 bits per heavy atom.